The molecule has 0 unspecified atom stereocenters. The maximum absolute atomic E-state index is 10.6. The van der Waals surface area contributed by atoms with Crippen molar-refractivity contribution in [1.29, 1.82) is 0 Å². The Bertz CT molecular complexity index is 290. The van der Waals surface area contributed by atoms with Crippen LogP contribution in [0.25, 0.3) is 0 Å². The monoisotopic (exact) mass is 211 g/mol. The summed E-state index contributed by atoms with van der Waals surface area (Å²) in [5.41, 5.74) is 8.75. The van der Waals surface area contributed by atoms with Gasteiger partial charge in [-0.1, -0.05) is 27.7 Å². The predicted molar refractivity (Wildman–Crippen MR) is 61.6 cm³/mol. The van der Waals surface area contributed by atoms with E-state index in [1.54, 1.807) is 0 Å². The third-order valence-electron chi connectivity index (χ3n) is 4.21. The molecule has 0 saturated heterocycles. The molecule has 0 aromatic heterocycles. The zero-order valence-corrected chi connectivity index (χ0v) is 10.1. The van der Waals surface area contributed by atoms with Crippen molar-refractivity contribution in [2.75, 3.05) is 0 Å². The largest absolute Gasteiger partial charge is 0.350 e. The zero-order chi connectivity index (χ0) is 11.7. The van der Waals surface area contributed by atoms with Crippen LogP contribution < -0.4 is 11.2 Å². The minimum Gasteiger partial charge on any atom is -0.350 e. The Labute approximate surface area is 91.3 Å². The van der Waals surface area contributed by atoms with Gasteiger partial charge < -0.3 is 5.73 Å². The van der Waals surface area contributed by atoms with Gasteiger partial charge >= 0.3 is 6.03 Å². The maximum Gasteiger partial charge on any atom is 0.332 e. The lowest BCUT2D eigenvalue weighted by Crippen LogP contribution is -2.55. The number of carbonyl (C=O) groups excluding carboxylic acids is 1. The van der Waals surface area contributed by atoms with Crippen molar-refractivity contribution in [2.24, 2.45) is 21.7 Å². The van der Waals surface area contributed by atoms with Crippen molar-refractivity contribution in [3.05, 3.63) is 0 Å². The normalized spacial score (nSPS) is 24.7. The van der Waals surface area contributed by atoms with Gasteiger partial charge in [0, 0.05) is 11.1 Å². The van der Waals surface area contributed by atoms with Gasteiger partial charge in [-0.2, -0.15) is 5.10 Å². The summed E-state index contributed by atoms with van der Waals surface area (Å²) in [6, 6.07) is -0.594. The first kappa shape index (κ1) is 12.0. The number of urea groups is 1. The van der Waals surface area contributed by atoms with Gasteiger partial charge in [-0.3, -0.25) is 0 Å². The number of primary amides is 1. The fourth-order valence-corrected chi connectivity index (χ4v) is 2.65. The van der Waals surface area contributed by atoms with E-state index in [1.165, 1.54) is 0 Å². The molecule has 0 atom stereocenters. The standard InChI is InChI=1S/C11H21N3O/c1-5-11(6-2)7-8(10(11,3)4)13-14-9(12)15/h5-7H2,1-4H3,(H3,12,14,15). The van der Waals surface area contributed by atoms with Gasteiger partial charge in [0.05, 0.1) is 0 Å². The number of nitrogens with one attached hydrogen (secondary N) is 1. The Morgan fingerprint density at radius 2 is 2.00 bits per heavy atom. The maximum atomic E-state index is 10.6. The average Bonchev–Trinajstić information content (AvgIpc) is 2.17. The number of nitrogens with zero attached hydrogens (tertiary/aromatic N) is 1. The quantitative estimate of drug-likeness (QED) is 0.691. The summed E-state index contributed by atoms with van der Waals surface area (Å²) < 4.78 is 0. The highest BCUT2D eigenvalue weighted by Gasteiger charge is 2.55. The van der Waals surface area contributed by atoms with E-state index in [0.29, 0.717) is 5.41 Å². The molecule has 86 valence electrons. The molecule has 3 N–H and O–H groups in total. The van der Waals surface area contributed by atoms with Crippen LogP contribution in [0.1, 0.15) is 47.0 Å². The van der Waals surface area contributed by atoms with Crippen molar-refractivity contribution >= 4 is 11.7 Å². The molecule has 1 fully saturated rings. The molecule has 1 rings (SSSR count). The molecular weight excluding hydrogens is 190 g/mol. The second-order valence-corrected chi connectivity index (χ2v) is 4.82. The van der Waals surface area contributed by atoms with Gasteiger partial charge in [-0.25, -0.2) is 10.2 Å². The fourth-order valence-electron chi connectivity index (χ4n) is 2.65. The van der Waals surface area contributed by atoms with Crippen LogP contribution in [0.3, 0.4) is 0 Å². The van der Waals surface area contributed by atoms with Crippen molar-refractivity contribution < 1.29 is 4.79 Å². The van der Waals surface area contributed by atoms with Crippen molar-refractivity contribution in [2.45, 2.75) is 47.0 Å². The number of carbonyl (C=O) groups is 1. The smallest absolute Gasteiger partial charge is 0.332 e. The van der Waals surface area contributed by atoms with E-state index in [-0.39, 0.29) is 5.41 Å². The Balaban J connectivity index is 2.78. The number of hydrazone groups is 1. The highest BCUT2D eigenvalue weighted by atomic mass is 16.2. The van der Waals surface area contributed by atoms with E-state index >= 15 is 0 Å². The van der Waals surface area contributed by atoms with Crippen LogP contribution in [0.5, 0.6) is 0 Å². The fraction of sp³-hybridized carbons (Fsp3) is 0.818. The predicted octanol–water partition coefficient (Wildman–Crippen LogP) is 2.25. The molecular formula is C11H21N3O. The first-order valence-corrected chi connectivity index (χ1v) is 5.52. The summed E-state index contributed by atoms with van der Waals surface area (Å²) in [4.78, 5) is 10.6. The van der Waals surface area contributed by atoms with E-state index in [0.717, 1.165) is 25.0 Å². The van der Waals surface area contributed by atoms with Crippen LogP contribution in [0, 0.1) is 10.8 Å². The number of hydrogen-bond donors (Lipinski definition) is 2. The highest BCUT2D eigenvalue weighted by Crippen LogP contribution is 2.58. The summed E-state index contributed by atoms with van der Waals surface area (Å²) in [5, 5.41) is 4.07. The molecule has 0 radical (unpaired) electrons. The summed E-state index contributed by atoms with van der Waals surface area (Å²) in [6.45, 7) is 8.79. The first-order valence-electron chi connectivity index (χ1n) is 5.52. The van der Waals surface area contributed by atoms with Gasteiger partial charge in [0.2, 0.25) is 0 Å². The van der Waals surface area contributed by atoms with Gasteiger partial charge in [0.1, 0.15) is 0 Å². The van der Waals surface area contributed by atoms with Gasteiger partial charge in [-0.05, 0) is 24.7 Å². The summed E-state index contributed by atoms with van der Waals surface area (Å²) in [6.07, 6.45) is 3.26. The molecule has 1 saturated carbocycles. The molecule has 1 aliphatic carbocycles. The van der Waals surface area contributed by atoms with E-state index in [9.17, 15) is 4.79 Å². The Morgan fingerprint density at radius 1 is 1.47 bits per heavy atom. The molecule has 0 aromatic rings. The summed E-state index contributed by atoms with van der Waals surface area (Å²) >= 11 is 0. The topological polar surface area (TPSA) is 67.5 Å². The van der Waals surface area contributed by atoms with Crippen molar-refractivity contribution in [1.82, 2.24) is 5.43 Å². The Morgan fingerprint density at radius 3 is 2.33 bits per heavy atom. The molecule has 15 heavy (non-hydrogen) atoms. The van der Waals surface area contributed by atoms with Crippen molar-refractivity contribution in [3.63, 3.8) is 0 Å². The second-order valence-electron chi connectivity index (χ2n) is 4.82. The molecule has 4 nitrogen and oxygen atoms in total. The zero-order valence-electron chi connectivity index (χ0n) is 10.1. The minimum absolute atomic E-state index is 0.0684. The third kappa shape index (κ3) is 1.73. The Kier molecular flexibility index (Phi) is 3.07. The number of hydrogen-bond acceptors (Lipinski definition) is 2. The first-order chi connectivity index (χ1) is 6.89. The summed E-state index contributed by atoms with van der Waals surface area (Å²) in [5.74, 6) is 0. The van der Waals surface area contributed by atoms with E-state index in [1.807, 2.05) is 0 Å². The van der Waals surface area contributed by atoms with Crippen LogP contribution in [0.2, 0.25) is 0 Å². The molecule has 1 aliphatic rings. The third-order valence-corrected chi connectivity index (χ3v) is 4.21. The van der Waals surface area contributed by atoms with Crippen LogP contribution in [0.4, 0.5) is 4.79 Å². The molecule has 0 aliphatic heterocycles. The van der Waals surface area contributed by atoms with Crippen LogP contribution >= 0.6 is 0 Å². The van der Waals surface area contributed by atoms with E-state index < -0.39 is 6.03 Å². The molecule has 0 bridgehead atoms. The average molecular weight is 211 g/mol. The van der Waals surface area contributed by atoms with E-state index in [4.69, 9.17) is 5.73 Å². The minimum atomic E-state index is -0.594. The highest BCUT2D eigenvalue weighted by molar-refractivity contribution is 5.97. The number of rotatable bonds is 3. The van der Waals surface area contributed by atoms with Crippen molar-refractivity contribution in [3.8, 4) is 0 Å². The molecule has 0 spiro atoms. The lowest BCUT2D eigenvalue weighted by Gasteiger charge is -2.56. The lowest BCUT2D eigenvalue weighted by molar-refractivity contribution is 0.0720. The van der Waals surface area contributed by atoms with Gasteiger partial charge in [-0.15, -0.1) is 0 Å². The SMILES string of the molecule is CCC1(CC)CC(=NNC(N)=O)C1(C)C. The lowest BCUT2D eigenvalue weighted by atomic mass is 9.47. The molecule has 2 amide bonds. The van der Waals surface area contributed by atoms with Crippen LogP contribution in [0.15, 0.2) is 5.10 Å². The van der Waals surface area contributed by atoms with Gasteiger partial charge in [0.15, 0.2) is 0 Å². The number of amides is 2. The summed E-state index contributed by atoms with van der Waals surface area (Å²) in [7, 11) is 0. The molecule has 0 aromatic carbocycles. The van der Waals surface area contributed by atoms with Crippen LogP contribution in [-0.2, 0) is 0 Å². The second kappa shape index (κ2) is 3.83. The number of nitrogens with two attached hydrogens (primary N) is 1. The van der Waals surface area contributed by atoms with E-state index in [2.05, 4.69) is 38.2 Å². The van der Waals surface area contributed by atoms with Gasteiger partial charge in [0.25, 0.3) is 0 Å². The van der Waals surface area contributed by atoms with Crippen LogP contribution in [-0.4, -0.2) is 11.7 Å². The Hall–Kier alpha value is -1.06. The molecule has 4 heteroatoms. The molecule has 0 heterocycles.